The fourth-order valence-corrected chi connectivity index (χ4v) is 2.50. The van der Waals surface area contributed by atoms with Gasteiger partial charge in [-0.3, -0.25) is 0 Å². The standard InChI is InChI=1S/C16H25N3O2/c1-16(2,3)21-15(20)18(4)13-8-7-11-19(12-13)14-9-5-6-10-17-14/h5-6,9-10,13H,7-8,11-12H2,1-4H3. The highest BCUT2D eigenvalue weighted by molar-refractivity contribution is 5.68. The molecule has 1 atom stereocenters. The van der Waals surface area contributed by atoms with E-state index in [0.717, 1.165) is 31.7 Å². The van der Waals surface area contributed by atoms with Crippen LogP contribution in [0, 0.1) is 0 Å². The van der Waals surface area contributed by atoms with Crippen LogP contribution in [0.4, 0.5) is 10.6 Å². The quantitative estimate of drug-likeness (QED) is 0.840. The van der Waals surface area contributed by atoms with Gasteiger partial charge in [0.25, 0.3) is 0 Å². The van der Waals surface area contributed by atoms with Crippen LogP contribution in [0.5, 0.6) is 0 Å². The van der Waals surface area contributed by atoms with Gasteiger partial charge in [-0.05, 0) is 45.7 Å². The molecule has 1 fully saturated rings. The predicted molar refractivity (Wildman–Crippen MR) is 83.5 cm³/mol. The highest BCUT2D eigenvalue weighted by Gasteiger charge is 2.29. The number of hydrogen-bond donors (Lipinski definition) is 0. The number of aromatic nitrogens is 1. The Hall–Kier alpha value is -1.78. The molecule has 2 rings (SSSR count). The maximum Gasteiger partial charge on any atom is 0.410 e. The van der Waals surface area contributed by atoms with Crippen molar-refractivity contribution in [1.29, 1.82) is 0 Å². The molecule has 0 aliphatic carbocycles. The van der Waals surface area contributed by atoms with E-state index >= 15 is 0 Å². The van der Waals surface area contributed by atoms with Gasteiger partial charge in [-0.15, -0.1) is 0 Å². The van der Waals surface area contributed by atoms with E-state index in [1.165, 1.54) is 0 Å². The summed E-state index contributed by atoms with van der Waals surface area (Å²) in [5, 5.41) is 0. The normalized spacial score (nSPS) is 19.2. The molecular weight excluding hydrogens is 266 g/mol. The SMILES string of the molecule is CN(C(=O)OC(C)(C)C)C1CCCN(c2ccccn2)C1. The van der Waals surface area contributed by atoms with Crippen molar-refractivity contribution in [3.05, 3.63) is 24.4 Å². The lowest BCUT2D eigenvalue weighted by Gasteiger charge is -2.38. The Morgan fingerprint density at radius 3 is 2.81 bits per heavy atom. The van der Waals surface area contributed by atoms with E-state index in [-0.39, 0.29) is 12.1 Å². The number of nitrogens with zero attached hydrogens (tertiary/aromatic N) is 3. The number of anilines is 1. The summed E-state index contributed by atoms with van der Waals surface area (Å²) in [5.74, 6) is 0.972. The van der Waals surface area contributed by atoms with Crippen molar-refractivity contribution in [1.82, 2.24) is 9.88 Å². The van der Waals surface area contributed by atoms with Crippen LogP contribution in [0.25, 0.3) is 0 Å². The molecule has 1 saturated heterocycles. The molecule has 1 amide bonds. The molecule has 1 aliphatic rings. The second-order valence-corrected chi connectivity index (χ2v) is 6.52. The van der Waals surface area contributed by atoms with Crippen LogP contribution in [0.2, 0.25) is 0 Å². The van der Waals surface area contributed by atoms with Gasteiger partial charge in [0.15, 0.2) is 0 Å². The van der Waals surface area contributed by atoms with Crippen LogP contribution < -0.4 is 4.90 Å². The highest BCUT2D eigenvalue weighted by atomic mass is 16.6. The molecule has 0 saturated carbocycles. The van der Waals surface area contributed by atoms with Gasteiger partial charge in [0, 0.05) is 26.3 Å². The Balaban J connectivity index is 1.99. The van der Waals surface area contributed by atoms with Gasteiger partial charge in [-0.1, -0.05) is 6.07 Å². The predicted octanol–water partition coefficient (Wildman–Crippen LogP) is 2.92. The summed E-state index contributed by atoms with van der Waals surface area (Å²) in [6, 6.07) is 6.08. The summed E-state index contributed by atoms with van der Waals surface area (Å²) in [7, 11) is 1.82. The summed E-state index contributed by atoms with van der Waals surface area (Å²) >= 11 is 0. The topological polar surface area (TPSA) is 45.7 Å². The molecule has 0 radical (unpaired) electrons. The smallest absolute Gasteiger partial charge is 0.410 e. The van der Waals surface area contributed by atoms with Crippen LogP contribution in [-0.4, -0.2) is 47.8 Å². The summed E-state index contributed by atoms with van der Waals surface area (Å²) in [4.78, 5) is 20.5. The summed E-state index contributed by atoms with van der Waals surface area (Å²) in [5.41, 5.74) is -0.458. The van der Waals surface area contributed by atoms with E-state index in [9.17, 15) is 4.79 Å². The van der Waals surface area contributed by atoms with Crippen LogP contribution >= 0.6 is 0 Å². The number of likely N-dealkylation sites (N-methyl/N-ethyl adjacent to an activating group) is 1. The molecule has 0 aromatic carbocycles. The third kappa shape index (κ3) is 4.34. The Morgan fingerprint density at radius 2 is 2.19 bits per heavy atom. The van der Waals surface area contributed by atoms with Crippen molar-refractivity contribution in [2.45, 2.75) is 45.3 Å². The first-order chi connectivity index (χ1) is 9.87. The first-order valence-corrected chi connectivity index (χ1v) is 7.48. The first kappa shape index (κ1) is 15.6. The first-order valence-electron chi connectivity index (χ1n) is 7.48. The van der Waals surface area contributed by atoms with Gasteiger partial charge in [-0.2, -0.15) is 0 Å². The second kappa shape index (κ2) is 6.33. The van der Waals surface area contributed by atoms with Crippen LogP contribution in [0.3, 0.4) is 0 Å². The summed E-state index contributed by atoms with van der Waals surface area (Å²) in [6.07, 6.45) is 3.60. The Kier molecular flexibility index (Phi) is 4.70. The zero-order valence-electron chi connectivity index (χ0n) is 13.4. The molecule has 0 spiro atoms. The van der Waals surface area contributed by atoms with Crippen molar-refractivity contribution >= 4 is 11.9 Å². The van der Waals surface area contributed by atoms with Crippen LogP contribution in [0.15, 0.2) is 24.4 Å². The van der Waals surface area contributed by atoms with Crippen molar-refractivity contribution in [3.8, 4) is 0 Å². The molecule has 1 aliphatic heterocycles. The molecular formula is C16H25N3O2. The molecule has 21 heavy (non-hydrogen) atoms. The lowest BCUT2D eigenvalue weighted by Crippen LogP contribution is -2.50. The van der Waals surface area contributed by atoms with Gasteiger partial charge in [0.2, 0.25) is 0 Å². The zero-order valence-corrected chi connectivity index (χ0v) is 13.4. The van der Waals surface area contributed by atoms with E-state index in [4.69, 9.17) is 4.74 Å². The molecule has 1 aromatic rings. The lowest BCUT2D eigenvalue weighted by atomic mass is 10.0. The average Bonchev–Trinajstić information content (AvgIpc) is 2.46. The maximum atomic E-state index is 12.2. The zero-order chi connectivity index (χ0) is 15.5. The van der Waals surface area contributed by atoms with Crippen molar-refractivity contribution in [2.24, 2.45) is 0 Å². The van der Waals surface area contributed by atoms with E-state index in [0.29, 0.717) is 0 Å². The number of carbonyl (C=O) groups excluding carboxylic acids is 1. The van der Waals surface area contributed by atoms with Gasteiger partial charge < -0.3 is 14.5 Å². The van der Waals surface area contributed by atoms with E-state index in [1.807, 2.05) is 46.0 Å². The minimum absolute atomic E-state index is 0.163. The average molecular weight is 291 g/mol. The largest absolute Gasteiger partial charge is 0.444 e. The van der Waals surface area contributed by atoms with Crippen LogP contribution in [0.1, 0.15) is 33.6 Å². The molecule has 2 heterocycles. The molecule has 1 unspecified atom stereocenters. The lowest BCUT2D eigenvalue weighted by molar-refractivity contribution is 0.0209. The van der Waals surface area contributed by atoms with Gasteiger partial charge in [0.05, 0.1) is 6.04 Å². The number of carbonyl (C=O) groups is 1. The Morgan fingerprint density at radius 1 is 1.43 bits per heavy atom. The molecule has 1 aromatic heterocycles. The third-order valence-corrected chi connectivity index (χ3v) is 3.60. The van der Waals surface area contributed by atoms with E-state index < -0.39 is 5.60 Å². The minimum Gasteiger partial charge on any atom is -0.444 e. The molecule has 0 bridgehead atoms. The van der Waals surface area contributed by atoms with Crippen molar-refractivity contribution in [2.75, 3.05) is 25.0 Å². The van der Waals surface area contributed by atoms with E-state index in [1.54, 1.807) is 11.1 Å². The fourth-order valence-electron chi connectivity index (χ4n) is 2.50. The summed E-state index contributed by atoms with van der Waals surface area (Å²) < 4.78 is 5.45. The molecule has 116 valence electrons. The Labute approximate surface area is 126 Å². The maximum absolute atomic E-state index is 12.2. The highest BCUT2D eigenvalue weighted by Crippen LogP contribution is 2.21. The minimum atomic E-state index is -0.458. The van der Waals surface area contributed by atoms with Gasteiger partial charge in [-0.25, -0.2) is 9.78 Å². The van der Waals surface area contributed by atoms with Gasteiger partial charge >= 0.3 is 6.09 Å². The number of pyridine rings is 1. The number of rotatable bonds is 2. The monoisotopic (exact) mass is 291 g/mol. The summed E-state index contributed by atoms with van der Waals surface area (Å²) in [6.45, 7) is 7.45. The second-order valence-electron chi connectivity index (χ2n) is 6.52. The number of ether oxygens (including phenoxy) is 1. The fraction of sp³-hybridized carbons (Fsp3) is 0.625. The molecule has 5 heteroatoms. The number of hydrogen-bond acceptors (Lipinski definition) is 4. The number of piperidine rings is 1. The van der Waals surface area contributed by atoms with E-state index in [2.05, 4.69) is 9.88 Å². The van der Waals surface area contributed by atoms with Crippen LogP contribution in [-0.2, 0) is 4.74 Å². The third-order valence-electron chi connectivity index (χ3n) is 3.60. The van der Waals surface area contributed by atoms with Crippen molar-refractivity contribution < 1.29 is 9.53 Å². The Bertz CT molecular complexity index is 470. The molecule has 5 nitrogen and oxygen atoms in total. The molecule has 0 N–H and O–H groups in total. The number of amides is 1. The van der Waals surface area contributed by atoms with Crippen molar-refractivity contribution in [3.63, 3.8) is 0 Å². The van der Waals surface area contributed by atoms with Gasteiger partial charge in [0.1, 0.15) is 11.4 Å².